The number of hydrogen-bond acceptors (Lipinski definition) is 5. The molecule has 0 saturated heterocycles. The van der Waals surface area contributed by atoms with Crippen LogP contribution in [0.4, 0.5) is 4.79 Å². The largest absolute Gasteiger partial charge is 0.444 e. The van der Waals surface area contributed by atoms with E-state index in [2.05, 4.69) is 20.9 Å². The third-order valence-electron chi connectivity index (χ3n) is 5.14. The summed E-state index contributed by atoms with van der Waals surface area (Å²) in [7, 11) is 0. The monoisotopic (exact) mass is 473 g/mol. The second-order valence-corrected chi connectivity index (χ2v) is 9.63. The Bertz CT molecular complexity index is 1040. The van der Waals surface area contributed by atoms with E-state index in [0.717, 1.165) is 16.5 Å². The number of aromatic amines is 1. The first kappa shape index (κ1) is 26.7. The van der Waals surface area contributed by atoms with Gasteiger partial charge in [0.2, 0.25) is 17.7 Å². The van der Waals surface area contributed by atoms with Gasteiger partial charge in [-0.15, -0.1) is 0 Å². The number of alkyl carbamates (subject to hydrolysis) is 1. The number of nitrogens with one attached hydrogen (secondary N) is 4. The van der Waals surface area contributed by atoms with Crippen molar-refractivity contribution < 1.29 is 23.9 Å². The molecule has 0 unspecified atom stereocenters. The van der Waals surface area contributed by atoms with Gasteiger partial charge in [-0.1, -0.05) is 32.0 Å². The van der Waals surface area contributed by atoms with Crippen molar-refractivity contribution >= 4 is 34.7 Å². The fraction of sp³-hybridized carbons (Fsp3) is 0.500. The summed E-state index contributed by atoms with van der Waals surface area (Å²) in [5.74, 6) is -2.08. The molecule has 3 atom stereocenters. The van der Waals surface area contributed by atoms with E-state index in [9.17, 15) is 19.2 Å². The van der Waals surface area contributed by atoms with Crippen molar-refractivity contribution in [3.05, 3.63) is 36.0 Å². The molecule has 186 valence electrons. The van der Waals surface area contributed by atoms with Gasteiger partial charge in [0.05, 0.1) is 0 Å². The number of carbonyl (C=O) groups is 4. The molecule has 0 saturated carbocycles. The molecular weight excluding hydrogens is 438 g/mol. The third-order valence-corrected chi connectivity index (χ3v) is 5.14. The summed E-state index contributed by atoms with van der Waals surface area (Å²) in [6.07, 6.45) is 1.20. The van der Waals surface area contributed by atoms with Gasteiger partial charge in [0.15, 0.2) is 0 Å². The molecule has 0 spiro atoms. The molecule has 1 aromatic carbocycles. The minimum Gasteiger partial charge on any atom is -0.444 e. The number of H-pyrrole nitrogens is 1. The van der Waals surface area contributed by atoms with E-state index in [1.54, 1.807) is 40.8 Å². The molecule has 4 amide bonds. The summed E-state index contributed by atoms with van der Waals surface area (Å²) in [4.78, 5) is 53.0. The molecule has 0 bridgehead atoms. The lowest BCUT2D eigenvalue weighted by molar-refractivity contribution is -0.132. The van der Waals surface area contributed by atoms with E-state index in [-0.39, 0.29) is 12.3 Å². The van der Waals surface area contributed by atoms with E-state index in [4.69, 9.17) is 10.5 Å². The van der Waals surface area contributed by atoms with Crippen LogP contribution in [0.3, 0.4) is 0 Å². The molecule has 1 aromatic heterocycles. The quantitative estimate of drug-likeness (QED) is 0.375. The maximum atomic E-state index is 13.3. The first-order valence-electron chi connectivity index (χ1n) is 11.2. The molecule has 1 heterocycles. The summed E-state index contributed by atoms with van der Waals surface area (Å²) in [5, 5.41) is 8.75. The molecule has 0 aliphatic rings. The number of ether oxygens (including phenoxy) is 1. The zero-order valence-corrected chi connectivity index (χ0v) is 20.5. The van der Waals surface area contributed by atoms with E-state index < -0.39 is 47.5 Å². The second-order valence-electron chi connectivity index (χ2n) is 9.63. The minimum atomic E-state index is -1.02. The maximum Gasteiger partial charge on any atom is 0.408 e. The first-order valence-corrected chi connectivity index (χ1v) is 11.2. The Morgan fingerprint density at radius 3 is 2.24 bits per heavy atom. The van der Waals surface area contributed by atoms with Gasteiger partial charge in [-0.3, -0.25) is 14.4 Å². The maximum absolute atomic E-state index is 13.3. The lowest BCUT2D eigenvalue weighted by Gasteiger charge is -2.27. The van der Waals surface area contributed by atoms with Crippen LogP contribution < -0.4 is 21.7 Å². The number of aromatic nitrogens is 1. The minimum absolute atomic E-state index is 0.166. The number of hydrogen-bond donors (Lipinski definition) is 5. The average Bonchev–Trinajstić information content (AvgIpc) is 3.12. The summed E-state index contributed by atoms with van der Waals surface area (Å²) in [5.41, 5.74) is 6.19. The molecular formula is C24H35N5O5. The van der Waals surface area contributed by atoms with Crippen LogP contribution in [-0.4, -0.2) is 52.5 Å². The fourth-order valence-electron chi connectivity index (χ4n) is 3.34. The molecule has 6 N–H and O–H groups in total. The van der Waals surface area contributed by atoms with E-state index >= 15 is 0 Å². The van der Waals surface area contributed by atoms with Gasteiger partial charge < -0.3 is 31.4 Å². The molecule has 0 fully saturated rings. The predicted molar refractivity (Wildman–Crippen MR) is 129 cm³/mol. The number of nitrogens with two attached hydrogens (primary N) is 1. The Balaban J connectivity index is 2.26. The van der Waals surface area contributed by atoms with Crippen molar-refractivity contribution in [1.29, 1.82) is 0 Å². The van der Waals surface area contributed by atoms with Gasteiger partial charge in [0.1, 0.15) is 23.7 Å². The summed E-state index contributed by atoms with van der Waals surface area (Å²) in [6.45, 7) is 10.1. The van der Waals surface area contributed by atoms with Gasteiger partial charge in [0.25, 0.3) is 0 Å². The third kappa shape index (κ3) is 7.50. The zero-order valence-electron chi connectivity index (χ0n) is 20.5. The van der Waals surface area contributed by atoms with Crippen LogP contribution in [-0.2, 0) is 25.5 Å². The Kier molecular flexibility index (Phi) is 8.67. The van der Waals surface area contributed by atoms with Crippen molar-refractivity contribution in [2.45, 2.75) is 71.7 Å². The first-order chi connectivity index (χ1) is 15.8. The number of fused-ring (bicyclic) bond motifs is 1. The topological polar surface area (TPSA) is 155 Å². The highest BCUT2D eigenvalue weighted by Crippen LogP contribution is 2.19. The number of benzene rings is 1. The van der Waals surface area contributed by atoms with Gasteiger partial charge >= 0.3 is 6.09 Å². The fourth-order valence-corrected chi connectivity index (χ4v) is 3.34. The Hall–Kier alpha value is -3.56. The lowest BCUT2D eigenvalue weighted by Crippen LogP contribution is -2.58. The molecule has 2 aromatic rings. The molecule has 10 heteroatoms. The summed E-state index contributed by atoms with van der Waals surface area (Å²) in [6, 6.07) is 4.75. The molecule has 0 aliphatic heterocycles. The highest BCUT2D eigenvalue weighted by atomic mass is 16.6. The Morgan fingerprint density at radius 1 is 1.00 bits per heavy atom. The second kappa shape index (κ2) is 11.0. The number of amides is 4. The van der Waals surface area contributed by atoms with E-state index in [1.807, 2.05) is 24.3 Å². The number of para-hydroxylation sites is 1. The van der Waals surface area contributed by atoms with Gasteiger partial charge in [0, 0.05) is 23.5 Å². The number of rotatable bonds is 9. The normalized spacial score (nSPS) is 14.2. The molecule has 10 nitrogen and oxygen atoms in total. The predicted octanol–water partition coefficient (Wildman–Crippen LogP) is 1.73. The van der Waals surface area contributed by atoms with Crippen molar-refractivity contribution in [2.75, 3.05) is 0 Å². The van der Waals surface area contributed by atoms with Crippen molar-refractivity contribution in [2.24, 2.45) is 11.7 Å². The Morgan fingerprint density at radius 2 is 1.65 bits per heavy atom. The molecule has 0 aliphatic carbocycles. The highest BCUT2D eigenvalue weighted by Gasteiger charge is 2.31. The number of carbonyl (C=O) groups excluding carboxylic acids is 4. The Labute approximate surface area is 199 Å². The number of primary amides is 1. The van der Waals surface area contributed by atoms with E-state index in [0.29, 0.717) is 0 Å². The standard InChI is InChI=1S/C24H35N5O5/c1-13(2)19(22(32)27-14(3)20(25)30)29-21(31)18(28-23(33)34-24(4,5)6)11-15-12-26-17-10-8-7-9-16(15)17/h7-10,12-14,18-19,26H,11H2,1-6H3,(H2,25,30)(H,27,32)(H,28,33)(H,29,31)/t14-,18-,19-/m0/s1. The van der Waals surface area contributed by atoms with Crippen LogP contribution in [0.2, 0.25) is 0 Å². The van der Waals surface area contributed by atoms with Crippen LogP contribution in [0.25, 0.3) is 10.9 Å². The zero-order chi connectivity index (χ0) is 25.6. The van der Waals surface area contributed by atoms with Crippen LogP contribution >= 0.6 is 0 Å². The molecule has 34 heavy (non-hydrogen) atoms. The van der Waals surface area contributed by atoms with Crippen LogP contribution in [0, 0.1) is 5.92 Å². The van der Waals surface area contributed by atoms with Crippen molar-refractivity contribution in [3.63, 3.8) is 0 Å². The SMILES string of the molecule is CC(C)[C@H](NC(=O)[C@H](Cc1c[nH]c2ccccc12)NC(=O)OC(C)(C)C)C(=O)N[C@@H](C)C(N)=O. The van der Waals surface area contributed by atoms with Gasteiger partial charge in [-0.25, -0.2) is 4.79 Å². The van der Waals surface area contributed by atoms with Crippen LogP contribution in [0.5, 0.6) is 0 Å². The van der Waals surface area contributed by atoms with Crippen LogP contribution in [0.1, 0.15) is 47.1 Å². The summed E-state index contributed by atoms with van der Waals surface area (Å²) >= 11 is 0. The average molecular weight is 474 g/mol. The van der Waals surface area contributed by atoms with Crippen molar-refractivity contribution in [1.82, 2.24) is 20.9 Å². The van der Waals surface area contributed by atoms with E-state index in [1.165, 1.54) is 6.92 Å². The van der Waals surface area contributed by atoms with Crippen LogP contribution in [0.15, 0.2) is 30.5 Å². The molecule has 0 radical (unpaired) electrons. The molecule has 2 rings (SSSR count). The van der Waals surface area contributed by atoms with Crippen molar-refractivity contribution in [3.8, 4) is 0 Å². The van der Waals surface area contributed by atoms with Gasteiger partial charge in [-0.05, 0) is 45.2 Å². The summed E-state index contributed by atoms with van der Waals surface area (Å²) < 4.78 is 5.34. The lowest BCUT2D eigenvalue weighted by atomic mass is 10.0. The highest BCUT2D eigenvalue weighted by molar-refractivity contribution is 5.94. The van der Waals surface area contributed by atoms with Gasteiger partial charge in [-0.2, -0.15) is 0 Å². The smallest absolute Gasteiger partial charge is 0.408 e.